The van der Waals surface area contributed by atoms with Gasteiger partial charge in [-0.05, 0) is 29.5 Å². The van der Waals surface area contributed by atoms with E-state index in [-0.39, 0.29) is 35.4 Å². The van der Waals surface area contributed by atoms with Gasteiger partial charge in [0.05, 0.1) is 0 Å². The Kier molecular flexibility index (Phi) is 4.98. The lowest BCUT2D eigenvalue weighted by Gasteiger charge is -2.17. The number of fused-ring (bicyclic) bond motifs is 1. The van der Waals surface area contributed by atoms with Crippen LogP contribution in [-0.4, -0.2) is 16.5 Å². The molecule has 28 heavy (non-hydrogen) atoms. The molecule has 0 saturated heterocycles. The molecule has 0 atom stereocenters. The van der Waals surface area contributed by atoms with E-state index in [9.17, 15) is 9.59 Å². The summed E-state index contributed by atoms with van der Waals surface area (Å²) in [5.41, 5.74) is 3.41. The predicted octanol–water partition coefficient (Wildman–Crippen LogP) is 2.86. The second-order valence-corrected chi connectivity index (χ2v) is 7.09. The minimum Gasteiger partial charge on any atom is -0.483 e. The van der Waals surface area contributed by atoms with E-state index in [0.717, 1.165) is 18.4 Å². The number of nitrogens with one attached hydrogen (secondary N) is 1. The van der Waals surface area contributed by atoms with Crippen molar-refractivity contribution in [2.45, 2.75) is 25.5 Å². The van der Waals surface area contributed by atoms with Gasteiger partial charge in [-0.25, -0.2) is 0 Å². The molecular formula is C23H22N2O3. The molecular weight excluding hydrogens is 352 g/mol. The van der Waals surface area contributed by atoms with E-state index >= 15 is 0 Å². The summed E-state index contributed by atoms with van der Waals surface area (Å²) in [6, 6.07) is 19.2. The van der Waals surface area contributed by atoms with Crippen molar-refractivity contribution in [3.05, 3.63) is 99.5 Å². The van der Waals surface area contributed by atoms with Gasteiger partial charge in [0.25, 0.3) is 5.91 Å². The highest BCUT2D eigenvalue weighted by Crippen LogP contribution is 2.22. The summed E-state index contributed by atoms with van der Waals surface area (Å²) in [4.78, 5) is 25.4. The second-order valence-electron chi connectivity index (χ2n) is 7.09. The first-order valence-electron chi connectivity index (χ1n) is 9.36. The molecule has 5 heteroatoms. The first-order valence-corrected chi connectivity index (χ1v) is 9.36. The Morgan fingerprint density at radius 1 is 1.04 bits per heavy atom. The van der Waals surface area contributed by atoms with Gasteiger partial charge in [-0.15, -0.1) is 0 Å². The van der Waals surface area contributed by atoms with Crippen LogP contribution in [0, 0.1) is 0 Å². The van der Waals surface area contributed by atoms with Gasteiger partial charge in [0, 0.05) is 25.4 Å². The van der Waals surface area contributed by atoms with Gasteiger partial charge < -0.3 is 14.6 Å². The van der Waals surface area contributed by atoms with Crippen LogP contribution in [-0.2, 0) is 26.5 Å². The number of rotatable bonds is 5. The Morgan fingerprint density at radius 3 is 2.36 bits per heavy atom. The lowest BCUT2D eigenvalue weighted by molar-refractivity contribution is 0.0923. The maximum absolute atomic E-state index is 13.0. The molecule has 1 heterocycles. The highest BCUT2D eigenvalue weighted by molar-refractivity contribution is 5.95. The van der Waals surface area contributed by atoms with Gasteiger partial charge in [-0.3, -0.25) is 9.59 Å². The Bertz CT molecular complexity index is 1030. The molecule has 1 aromatic heterocycles. The lowest BCUT2D eigenvalue weighted by Crippen LogP contribution is -2.37. The fraction of sp³-hybridized carbons (Fsp3) is 0.217. The number of benzene rings is 2. The number of hydrogen-bond donors (Lipinski definition) is 1. The van der Waals surface area contributed by atoms with Crippen LogP contribution in [0.15, 0.2) is 71.7 Å². The van der Waals surface area contributed by atoms with Crippen molar-refractivity contribution < 1.29 is 9.53 Å². The number of aromatic nitrogens is 1. The summed E-state index contributed by atoms with van der Waals surface area (Å²) >= 11 is 0. The quantitative estimate of drug-likeness (QED) is 0.747. The van der Waals surface area contributed by atoms with E-state index in [1.807, 2.05) is 42.5 Å². The Hall–Kier alpha value is -3.34. The maximum atomic E-state index is 13.0. The molecule has 3 aromatic rings. The van der Waals surface area contributed by atoms with Crippen LogP contribution in [0.5, 0.6) is 5.75 Å². The number of amides is 1. The number of hydrogen-bond acceptors (Lipinski definition) is 3. The third kappa shape index (κ3) is 3.69. The second kappa shape index (κ2) is 7.72. The van der Waals surface area contributed by atoms with Gasteiger partial charge >= 0.3 is 0 Å². The molecule has 0 radical (unpaired) electrons. The summed E-state index contributed by atoms with van der Waals surface area (Å²) in [6.07, 6.45) is 3.18. The Balaban J connectivity index is 1.54. The molecule has 0 fully saturated rings. The van der Waals surface area contributed by atoms with E-state index in [2.05, 4.69) is 17.4 Å². The molecule has 0 spiro atoms. The Morgan fingerprint density at radius 2 is 1.68 bits per heavy atom. The number of aryl methyl sites for hydroxylation is 1. The van der Waals surface area contributed by atoms with Crippen LogP contribution in [0.4, 0.5) is 0 Å². The molecule has 0 unspecified atom stereocenters. The molecule has 1 amide bonds. The van der Waals surface area contributed by atoms with Gasteiger partial charge in [0.2, 0.25) is 5.43 Å². The molecule has 2 aromatic carbocycles. The summed E-state index contributed by atoms with van der Waals surface area (Å²) in [5, 5.41) is 3.07. The van der Waals surface area contributed by atoms with E-state index in [4.69, 9.17) is 4.74 Å². The molecule has 0 aliphatic heterocycles. The third-order valence-electron chi connectivity index (χ3n) is 5.07. The summed E-state index contributed by atoms with van der Waals surface area (Å²) in [5.74, 6) is -0.206. The maximum Gasteiger partial charge on any atom is 0.272 e. The number of pyridine rings is 1. The SMILES string of the molecule is Cn1ccc(=O)c(OCc2ccccc2)c1C(=O)NC1Cc2ccccc2C1. The van der Waals surface area contributed by atoms with Crippen molar-refractivity contribution in [1.82, 2.24) is 9.88 Å². The molecule has 142 valence electrons. The fourth-order valence-electron chi connectivity index (χ4n) is 3.65. The van der Waals surface area contributed by atoms with E-state index in [1.165, 1.54) is 17.2 Å². The average molecular weight is 374 g/mol. The first-order chi connectivity index (χ1) is 13.6. The van der Waals surface area contributed by atoms with Crippen molar-refractivity contribution in [2.24, 2.45) is 7.05 Å². The number of carbonyl (C=O) groups excluding carboxylic acids is 1. The molecule has 4 rings (SSSR count). The zero-order valence-electron chi connectivity index (χ0n) is 15.7. The minimum atomic E-state index is -0.297. The lowest BCUT2D eigenvalue weighted by atomic mass is 10.1. The van der Waals surface area contributed by atoms with Gasteiger partial charge in [0.1, 0.15) is 6.61 Å². The highest BCUT2D eigenvalue weighted by atomic mass is 16.5. The monoisotopic (exact) mass is 374 g/mol. The number of nitrogens with zero attached hydrogens (tertiary/aromatic N) is 1. The Labute approximate surface area is 163 Å². The normalized spacial score (nSPS) is 13.2. The molecule has 0 bridgehead atoms. The van der Waals surface area contributed by atoms with Crippen LogP contribution < -0.4 is 15.5 Å². The largest absolute Gasteiger partial charge is 0.483 e. The van der Waals surface area contributed by atoms with E-state index in [0.29, 0.717) is 0 Å². The van der Waals surface area contributed by atoms with Crippen molar-refractivity contribution in [3.63, 3.8) is 0 Å². The number of ether oxygens (including phenoxy) is 1. The molecule has 5 nitrogen and oxygen atoms in total. The van der Waals surface area contributed by atoms with Crippen LogP contribution in [0.25, 0.3) is 0 Å². The van der Waals surface area contributed by atoms with Gasteiger partial charge in [0.15, 0.2) is 11.4 Å². The van der Waals surface area contributed by atoms with Crippen LogP contribution >= 0.6 is 0 Å². The van der Waals surface area contributed by atoms with Crippen LogP contribution in [0.1, 0.15) is 27.2 Å². The van der Waals surface area contributed by atoms with Crippen LogP contribution in [0.3, 0.4) is 0 Å². The zero-order chi connectivity index (χ0) is 19.5. The van der Waals surface area contributed by atoms with Crippen molar-refractivity contribution in [2.75, 3.05) is 0 Å². The smallest absolute Gasteiger partial charge is 0.272 e. The molecule has 1 N–H and O–H groups in total. The summed E-state index contributed by atoms with van der Waals surface area (Å²) < 4.78 is 7.43. The molecule has 1 aliphatic carbocycles. The summed E-state index contributed by atoms with van der Waals surface area (Å²) in [6.45, 7) is 0.231. The zero-order valence-corrected chi connectivity index (χ0v) is 15.7. The minimum absolute atomic E-state index is 0.0159. The average Bonchev–Trinajstić information content (AvgIpc) is 3.11. The molecule has 1 aliphatic rings. The van der Waals surface area contributed by atoms with Crippen molar-refractivity contribution in [1.29, 1.82) is 0 Å². The van der Waals surface area contributed by atoms with Crippen LogP contribution in [0.2, 0.25) is 0 Å². The fourth-order valence-corrected chi connectivity index (χ4v) is 3.65. The van der Waals surface area contributed by atoms with Crippen molar-refractivity contribution >= 4 is 5.91 Å². The van der Waals surface area contributed by atoms with E-state index < -0.39 is 0 Å². The van der Waals surface area contributed by atoms with E-state index in [1.54, 1.807) is 17.8 Å². The molecule has 0 saturated carbocycles. The first kappa shape index (κ1) is 18.0. The number of carbonyl (C=O) groups is 1. The highest BCUT2D eigenvalue weighted by Gasteiger charge is 2.26. The standard InChI is InChI=1S/C23H22N2O3/c1-25-12-11-20(26)22(28-15-16-7-3-2-4-8-16)21(25)23(27)24-19-13-17-9-5-6-10-18(17)14-19/h2-12,19H,13-15H2,1H3,(H,24,27). The summed E-state index contributed by atoms with van der Waals surface area (Å²) in [7, 11) is 1.74. The van der Waals surface area contributed by atoms with Gasteiger partial charge in [-0.1, -0.05) is 54.6 Å². The van der Waals surface area contributed by atoms with Gasteiger partial charge in [-0.2, -0.15) is 0 Å². The predicted molar refractivity (Wildman–Crippen MR) is 108 cm³/mol. The third-order valence-corrected chi connectivity index (χ3v) is 5.07. The topological polar surface area (TPSA) is 60.3 Å². The van der Waals surface area contributed by atoms with Crippen molar-refractivity contribution in [3.8, 4) is 5.75 Å².